The maximum Gasteiger partial charge on any atom is 0.193 e. The van der Waals surface area contributed by atoms with Gasteiger partial charge in [-0.05, 0) is 16.8 Å². The number of rotatable bonds is 2. The van der Waals surface area contributed by atoms with Crippen molar-refractivity contribution in [2.45, 2.75) is 13.1 Å². The Morgan fingerprint density at radius 1 is 1.33 bits per heavy atom. The smallest absolute Gasteiger partial charge is 0.193 e. The van der Waals surface area contributed by atoms with E-state index in [1.807, 2.05) is 0 Å². The summed E-state index contributed by atoms with van der Waals surface area (Å²) in [6.45, 7) is 3.54. The molecule has 18 heavy (non-hydrogen) atoms. The van der Waals surface area contributed by atoms with Gasteiger partial charge in [0.2, 0.25) is 0 Å². The Morgan fingerprint density at radius 2 is 2.22 bits per heavy atom. The highest BCUT2D eigenvalue weighted by molar-refractivity contribution is 5.54. The summed E-state index contributed by atoms with van der Waals surface area (Å²) in [5.41, 5.74) is 2.58. The molecule has 0 bridgehead atoms. The zero-order chi connectivity index (χ0) is 12.4. The number of hydrogen-bond acceptors (Lipinski definition) is 5. The summed E-state index contributed by atoms with van der Waals surface area (Å²) in [5.74, 6) is 0.759. The van der Waals surface area contributed by atoms with Gasteiger partial charge in [0, 0.05) is 25.3 Å². The number of benzene rings is 1. The van der Waals surface area contributed by atoms with E-state index in [-0.39, 0.29) is 0 Å². The van der Waals surface area contributed by atoms with Crippen molar-refractivity contribution in [1.82, 2.24) is 25.5 Å². The van der Waals surface area contributed by atoms with E-state index in [0.717, 1.165) is 25.5 Å². The van der Waals surface area contributed by atoms with Gasteiger partial charge >= 0.3 is 0 Å². The van der Waals surface area contributed by atoms with Gasteiger partial charge in [0.15, 0.2) is 5.82 Å². The number of tetrazole rings is 1. The van der Waals surface area contributed by atoms with E-state index in [1.165, 1.54) is 16.0 Å². The topological polar surface area (TPSA) is 58.9 Å². The highest BCUT2D eigenvalue weighted by atomic mass is 15.6. The Kier molecular flexibility index (Phi) is 2.93. The molecule has 0 radical (unpaired) electrons. The number of aromatic nitrogens is 4. The van der Waals surface area contributed by atoms with Crippen LogP contribution in [-0.2, 0) is 20.1 Å². The summed E-state index contributed by atoms with van der Waals surface area (Å²) in [6, 6.07) is 8.45. The number of nitrogens with zero attached hydrogens (tertiary/aromatic N) is 5. The molecule has 0 atom stereocenters. The first kappa shape index (κ1) is 11.2. The third-order valence-electron chi connectivity index (χ3n) is 3.09. The summed E-state index contributed by atoms with van der Waals surface area (Å²) < 4.78 is 0. The lowest BCUT2D eigenvalue weighted by molar-refractivity contribution is 0.625. The van der Waals surface area contributed by atoms with Crippen LogP contribution in [0.3, 0.4) is 0 Å². The summed E-state index contributed by atoms with van der Waals surface area (Å²) >= 11 is 0. The third-order valence-corrected chi connectivity index (χ3v) is 3.09. The van der Waals surface area contributed by atoms with Crippen LogP contribution < -0.4 is 10.2 Å². The van der Waals surface area contributed by atoms with Crippen LogP contribution in [0.5, 0.6) is 0 Å². The molecule has 1 aliphatic heterocycles. The minimum Gasteiger partial charge on any atom is -0.362 e. The van der Waals surface area contributed by atoms with E-state index in [0.29, 0.717) is 6.54 Å². The van der Waals surface area contributed by atoms with Gasteiger partial charge in [0.05, 0.1) is 13.6 Å². The zero-order valence-electron chi connectivity index (χ0n) is 10.4. The Labute approximate surface area is 106 Å². The van der Waals surface area contributed by atoms with Gasteiger partial charge in [-0.3, -0.25) is 0 Å². The molecule has 2 aromatic rings. The van der Waals surface area contributed by atoms with Crippen LogP contribution in [0.15, 0.2) is 24.3 Å². The largest absolute Gasteiger partial charge is 0.362 e. The van der Waals surface area contributed by atoms with Crippen LogP contribution in [-0.4, -0.2) is 33.3 Å². The molecular formula is C12H16N6. The number of hydrogen-bond donors (Lipinski definition) is 1. The highest BCUT2D eigenvalue weighted by Gasteiger charge is 2.16. The van der Waals surface area contributed by atoms with Crippen molar-refractivity contribution >= 4 is 5.69 Å². The van der Waals surface area contributed by atoms with E-state index in [4.69, 9.17) is 0 Å². The van der Waals surface area contributed by atoms with Gasteiger partial charge in [0.25, 0.3) is 0 Å². The number of nitrogens with one attached hydrogen (secondary N) is 1. The first-order valence-electron chi connectivity index (χ1n) is 6.09. The molecular weight excluding hydrogens is 228 g/mol. The average Bonchev–Trinajstić information content (AvgIpc) is 2.68. The maximum atomic E-state index is 4.24. The lowest BCUT2D eigenvalue weighted by atomic mass is 10.1. The molecule has 0 saturated heterocycles. The van der Waals surface area contributed by atoms with Crippen molar-refractivity contribution in [2.75, 3.05) is 18.0 Å². The Hall–Kier alpha value is -1.95. The van der Waals surface area contributed by atoms with Gasteiger partial charge in [-0.25, -0.2) is 0 Å². The van der Waals surface area contributed by atoms with Crippen LogP contribution in [0.25, 0.3) is 0 Å². The van der Waals surface area contributed by atoms with E-state index in [1.54, 1.807) is 7.05 Å². The second-order valence-corrected chi connectivity index (χ2v) is 4.42. The molecule has 1 aromatic carbocycles. The van der Waals surface area contributed by atoms with E-state index in [9.17, 15) is 0 Å². The monoisotopic (exact) mass is 244 g/mol. The second kappa shape index (κ2) is 4.73. The van der Waals surface area contributed by atoms with E-state index >= 15 is 0 Å². The Bertz CT molecular complexity index is 535. The third kappa shape index (κ3) is 2.19. The maximum absolute atomic E-state index is 4.24. The minimum atomic E-state index is 0.701. The second-order valence-electron chi connectivity index (χ2n) is 4.42. The molecule has 1 aromatic heterocycles. The SMILES string of the molecule is Cn1nnc(CN2CCNCc3ccccc32)n1. The van der Waals surface area contributed by atoms with Crippen molar-refractivity contribution < 1.29 is 0 Å². The normalized spacial score (nSPS) is 15.3. The first-order valence-corrected chi connectivity index (χ1v) is 6.09. The van der Waals surface area contributed by atoms with E-state index < -0.39 is 0 Å². The van der Waals surface area contributed by atoms with Crippen molar-refractivity contribution in [3.63, 3.8) is 0 Å². The van der Waals surface area contributed by atoms with E-state index in [2.05, 4.69) is 49.9 Å². The van der Waals surface area contributed by atoms with Gasteiger partial charge in [-0.2, -0.15) is 4.80 Å². The van der Waals surface area contributed by atoms with Crippen molar-refractivity contribution in [2.24, 2.45) is 7.05 Å². The fourth-order valence-electron chi connectivity index (χ4n) is 2.25. The molecule has 1 N–H and O–H groups in total. The molecule has 0 fully saturated rings. The van der Waals surface area contributed by atoms with Crippen LogP contribution in [0.2, 0.25) is 0 Å². The summed E-state index contributed by atoms with van der Waals surface area (Å²) in [4.78, 5) is 3.80. The van der Waals surface area contributed by atoms with Crippen molar-refractivity contribution in [3.8, 4) is 0 Å². The van der Waals surface area contributed by atoms with Crippen LogP contribution in [0.4, 0.5) is 5.69 Å². The molecule has 94 valence electrons. The van der Waals surface area contributed by atoms with Gasteiger partial charge in [-0.15, -0.1) is 10.2 Å². The Morgan fingerprint density at radius 3 is 3.06 bits per heavy atom. The highest BCUT2D eigenvalue weighted by Crippen LogP contribution is 2.22. The van der Waals surface area contributed by atoms with Gasteiger partial charge < -0.3 is 10.2 Å². The fraction of sp³-hybridized carbons (Fsp3) is 0.417. The summed E-state index contributed by atoms with van der Waals surface area (Å²) in [6.07, 6.45) is 0. The number of para-hydroxylation sites is 1. The molecule has 1 aliphatic rings. The number of fused-ring (bicyclic) bond motifs is 1. The molecule has 0 spiro atoms. The molecule has 6 nitrogen and oxygen atoms in total. The van der Waals surface area contributed by atoms with Gasteiger partial charge in [0.1, 0.15) is 0 Å². The number of aryl methyl sites for hydroxylation is 1. The Balaban J connectivity index is 1.87. The van der Waals surface area contributed by atoms with Gasteiger partial charge in [-0.1, -0.05) is 18.2 Å². The predicted octanol–water partition coefficient (Wildman–Crippen LogP) is 0.320. The minimum absolute atomic E-state index is 0.701. The number of anilines is 1. The predicted molar refractivity (Wildman–Crippen MR) is 68.0 cm³/mol. The molecule has 0 amide bonds. The average molecular weight is 244 g/mol. The summed E-state index contributed by atoms with van der Waals surface area (Å²) in [7, 11) is 1.79. The van der Waals surface area contributed by atoms with Crippen molar-refractivity contribution in [3.05, 3.63) is 35.7 Å². The molecule has 0 saturated carbocycles. The van der Waals surface area contributed by atoms with Crippen LogP contribution >= 0.6 is 0 Å². The molecule has 3 rings (SSSR count). The zero-order valence-corrected chi connectivity index (χ0v) is 10.4. The lowest BCUT2D eigenvalue weighted by Gasteiger charge is -2.22. The van der Waals surface area contributed by atoms with Crippen molar-refractivity contribution in [1.29, 1.82) is 0 Å². The first-order chi connectivity index (χ1) is 8.83. The van der Waals surface area contributed by atoms with Crippen LogP contribution in [0.1, 0.15) is 11.4 Å². The molecule has 6 heteroatoms. The lowest BCUT2D eigenvalue weighted by Crippen LogP contribution is -2.28. The van der Waals surface area contributed by atoms with Crippen LogP contribution in [0, 0.1) is 0 Å². The molecule has 2 heterocycles. The standard InChI is InChI=1S/C12H16N6/c1-17-15-12(14-16-17)9-18-7-6-13-8-10-4-2-3-5-11(10)18/h2-5,13H,6-9H2,1H3. The molecule has 0 unspecified atom stereocenters. The molecule has 0 aliphatic carbocycles. The summed E-state index contributed by atoms with van der Waals surface area (Å²) in [5, 5.41) is 15.6. The fourth-order valence-corrected chi connectivity index (χ4v) is 2.25. The quantitative estimate of drug-likeness (QED) is 0.824.